The van der Waals surface area contributed by atoms with Gasteiger partial charge in [0.15, 0.2) is 0 Å². The zero-order valence-corrected chi connectivity index (χ0v) is 13.6. The third kappa shape index (κ3) is 4.57. The zero-order chi connectivity index (χ0) is 15.2. The Bertz CT molecular complexity index is 445. The monoisotopic (exact) mass is 288 g/mol. The number of hydrogen-bond acceptors (Lipinski definition) is 2. The Balaban J connectivity index is 1.76. The van der Waals surface area contributed by atoms with E-state index in [0.29, 0.717) is 12.0 Å². The van der Waals surface area contributed by atoms with Gasteiger partial charge < -0.3 is 10.2 Å². The molecule has 1 N–H and O–H groups in total. The molecular weight excluding hydrogens is 260 g/mol. The van der Waals surface area contributed by atoms with Crippen molar-refractivity contribution >= 4 is 5.91 Å². The molecule has 0 radical (unpaired) electrons. The van der Waals surface area contributed by atoms with E-state index in [4.69, 9.17) is 0 Å². The standard InChI is InChI=1S/C18H28N2O/c1-4-15-5-7-17(8-6-15)18(21)19-13-16-9-11-20(12-10-16)14(2)3/h5-8,14,16H,4,9-13H2,1-3H3,(H,19,21). The Morgan fingerprint density at radius 2 is 1.86 bits per heavy atom. The summed E-state index contributed by atoms with van der Waals surface area (Å²) in [5.74, 6) is 0.683. The topological polar surface area (TPSA) is 32.3 Å². The van der Waals surface area contributed by atoms with E-state index in [1.807, 2.05) is 24.3 Å². The number of aryl methyl sites for hydroxylation is 1. The van der Waals surface area contributed by atoms with Crippen molar-refractivity contribution in [1.29, 1.82) is 0 Å². The van der Waals surface area contributed by atoms with Gasteiger partial charge in [0, 0.05) is 18.2 Å². The van der Waals surface area contributed by atoms with Crippen LogP contribution in [0.2, 0.25) is 0 Å². The van der Waals surface area contributed by atoms with Gasteiger partial charge in [-0.2, -0.15) is 0 Å². The number of hydrogen-bond donors (Lipinski definition) is 1. The molecule has 0 unspecified atom stereocenters. The van der Waals surface area contributed by atoms with Crippen molar-refractivity contribution in [3.8, 4) is 0 Å². The number of carbonyl (C=O) groups excluding carboxylic acids is 1. The fraction of sp³-hybridized carbons (Fsp3) is 0.611. The number of rotatable bonds is 5. The molecule has 1 aromatic carbocycles. The number of nitrogens with one attached hydrogen (secondary N) is 1. The number of piperidine rings is 1. The highest BCUT2D eigenvalue weighted by Gasteiger charge is 2.21. The molecule has 1 aliphatic rings. The van der Waals surface area contributed by atoms with Crippen LogP contribution in [0, 0.1) is 5.92 Å². The van der Waals surface area contributed by atoms with Crippen molar-refractivity contribution in [2.75, 3.05) is 19.6 Å². The van der Waals surface area contributed by atoms with Crippen molar-refractivity contribution < 1.29 is 4.79 Å². The van der Waals surface area contributed by atoms with Crippen LogP contribution in [0.15, 0.2) is 24.3 Å². The summed E-state index contributed by atoms with van der Waals surface area (Å²) in [6, 6.07) is 8.56. The summed E-state index contributed by atoms with van der Waals surface area (Å²) in [7, 11) is 0. The maximum atomic E-state index is 12.1. The van der Waals surface area contributed by atoms with E-state index < -0.39 is 0 Å². The normalized spacial score (nSPS) is 17.1. The van der Waals surface area contributed by atoms with Crippen LogP contribution in [0.4, 0.5) is 0 Å². The maximum absolute atomic E-state index is 12.1. The molecular formula is C18H28N2O. The van der Waals surface area contributed by atoms with Crippen LogP contribution in [0.1, 0.15) is 49.5 Å². The fourth-order valence-corrected chi connectivity index (χ4v) is 2.90. The summed E-state index contributed by atoms with van der Waals surface area (Å²) in [6.45, 7) is 9.75. The summed E-state index contributed by atoms with van der Waals surface area (Å²) in [4.78, 5) is 14.7. The first-order valence-electron chi connectivity index (χ1n) is 8.21. The van der Waals surface area contributed by atoms with Gasteiger partial charge in [-0.15, -0.1) is 0 Å². The number of amides is 1. The summed E-state index contributed by atoms with van der Waals surface area (Å²) in [5, 5.41) is 3.09. The lowest BCUT2D eigenvalue weighted by Crippen LogP contribution is -2.41. The number of likely N-dealkylation sites (tertiary alicyclic amines) is 1. The Morgan fingerprint density at radius 3 is 2.38 bits per heavy atom. The van der Waals surface area contributed by atoms with Gasteiger partial charge in [0.05, 0.1) is 0 Å². The minimum atomic E-state index is 0.0592. The van der Waals surface area contributed by atoms with Gasteiger partial charge in [0.2, 0.25) is 0 Å². The zero-order valence-electron chi connectivity index (χ0n) is 13.6. The van der Waals surface area contributed by atoms with Gasteiger partial charge in [-0.1, -0.05) is 19.1 Å². The Morgan fingerprint density at radius 1 is 1.24 bits per heavy atom. The smallest absolute Gasteiger partial charge is 0.251 e. The predicted molar refractivity (Wildman–Crippen MR) is 87.6 cm³/mol. The molecule has 0 aromatic heterocycles. The molecule has 0 bridgehead atoms. The van der Waals surface area contributed by atoms with Crippen LogP contribution < -0.4 is 5.32 Å². The lowest BCUT2D eigenvalue weighted by Gasteiger charge is -2.34. The van der Waals surface area contributed by atoms with Crippen molar-refractivity contribution in [3.05, 3.63) is 35.4 Å². The van der Waals surface area contributed by atoms with Crippen molar-refractivity contribution in [2.24, 2.45) is 5.92 Å². The van der Waals surface area contributed by atoms with Gasteiger partial charge in [0.1, 0.15) is 0 Å². The summed E-state index contributed by atoms with van der Waals surface area (Å²) >= 11 is 0. The molecule has 116 valence electrons. The van der Waals surface area contributed by atoms with E-state index in [1.165, 1.54) is 18.4 Å². The van der Waals surface area contributed by atoms with Gasteiger partial charge >= 0.3 is 0 Å². The molecule has 1 amide bonds. The van der Waals surface area contributed by atoms with Crippen LogP contribution in [0.25, 0.3) is 0 Å². The molecule has 1 saturated heterocycles. The second-order valence-electron chi connectivity index (χ2n) is 6.33. The molecule has 1 fully saturated rings. The number of carbonyl (C=O) groups is 1. The maximum Gasteiger partial charge on any atom is 0.251 e. The predicted octanol–water partition coefficient (Wildman–Crippen LogP) is 3.10. The van der Waals surface area contributed by atoms with E-state index in [1.54, 1.807) is 0 Å². The largest absolute Gasteiger partial charge is 0.352 e. The molecule has 0 spiro atoms. The van der Waals surface area contributed by atoms with E-state index in [9.17, 15) is 4.79 Å². The summed E-state index contributed by atoms with van der Waals surface area (Å²) < 4.78 is 0. The third-order valence-corrected chi connectivity index (χ3v) is 4.56. The summed E-state index contributed by atoms with van der Waals surface area (Å²) in [5.41, 5.74) is 2.04. The molecule has 1 aromatic rings. The fourth-order valence-electron chi connectivity index (χ4n) is 2.90. The minimum absolute atomic E-state index is 0.0592. The van der Waals surface area contributed by atoms with Gasteiger partial charge in [-0.25, -0.2) is 0 Å². The van der Waals surface area contributed by atoms with E-state index in [-0.39, 0.29) is 5.91 Å². The van der Waals surface area contributed by atoms with Crippen LogP contribution in [0.5, 0.6) is 0 Å². The second kappa shape index (κ2) is 7.60. The van der Waals surface area contributed by atoms with Crippen LogP contribution in [-0.4, -0.2) is 36.5 Å². The van der Waals surface area contributed by atoms with Crippen molar-refractivity contribution in [1.82, 2.24) is 10.2 Å². The highest BCUT2D eigenvalue weighted by Crippen LogP contribution is 2.18. The Hall–Kier alpha value is -1.35. The molecule has 0 aliphatic carbocycles. The highest BCUT2D eigenvalue weighted by atomic mass is 16.1. The lowest BCUT2D eigenvalue weighted by atomic mass is 9.96. The highest BCUT2D eigenvalue weighted by molar-refractivity contribution is 5.94. The Labute approximate surface area is 128 Å². The Kier molecular flexibility index (Phi) is 5.80. The molecule has 1 aliphatic heterocycles. The molecule has 0 atom stereocenters. The first kappa shape index (κ1) is 16.0. The van der Waals surface area contributed by atoms with E-state index in [2.05, 4.69) is 31.0 Å². The molecule has 3 heteroatoms. The van der Waals surface area contributed by atoms with Crippen molar-refractivity contribution in [2.45, 2.75) is 46.1 Å². The average molecular weight is 288 g/mol. The number of nitrogens with zero attached hydrogens (tertiary/aromatic N) is 1. The first-order valence-corrected chi connectivity index (χ1v) is 8.21. The summed E-state index contributed by atoms with van der Waals surface area (Å²) in [6.07, 6.45) is 3.39. The average Bonchev–Trinajstić information content (AvgIpc) is 2.53. The van der Waals surface area contributed by atoms with Crippen LogP contribution >= 0.6 is 0 Å². The molecule has 3 nitrogen and oxygen atoms in total. The number of benzene rings is 1. The van der Waals surface area contributed by atoms with E-state index >= 15 is 0 Å². The molecule has 1 heterocycles. The first-order chi connectivity index (χ1) is 10.1. The quantitative estimate of drug-likeness (QED) is 0.903. The molecule has 0 saturated carbocycles. The minimum Gasteiger partial charge on any atom is -0.352 e. The SMILES string of the molecule is CCc1ccc(C(=O)NCC2CCN(C(C)C)CC2)cc1. The lowest BCUT2D eigenvalue weighted by molar-refractivity contribution is 0.0929. The molecule has 2 rings (SSSR count). The van der Waals surface area contributed by atoms with Crippen LogP contribution in [-0.2, 0) is 6.42 Å². The van der Waals surface area contributed by atoms with E-state index in [0.717, 1.165) is 31.6 Å². The van der Waals surface area contributed by atoms with Gasteiger partial charge in [-0.05, 0) is 69.8 Å². The third-order valence-electron chi connectivity index (χ3n) is 4.56. The van der Waals surface area contributed by atoms with Crippen LogP contribution in [0.3, 0.4) is 0 Å². The van der Waals surface area contributed by atoms with Crippen molar-refractivity contribution in [3.63, 3.8) is 0 Å². The second-order valence-corrected chi connectivity index (χ2v) is 6.33. The molecule has 21 heavy (non-hydrogen) atoms. The van der Waals surface area contributed by atoms with Gasteiger partial charge in [-0.3, -0.25) is 4.79 Å². The van der Waals surface area contributed by atoms with Gasteiger partial charge in [0.25, 0.3) is 5.91 Å².